The van der Waals surface area contributed by atoms with Crippen LogP contribution >= 0.6 is 11.8 Å². The van der Waals surface area contributed by atoms with Crippen LogP contribution in [0.5, 0.6) is 0 Å². The molecule has 2 heterocycles. The fourth-order valence-electron chi connectivity index (χ4n) is 3.32. The van der Waals surface area contributed by atoms with Gasteiger partial charge in [0, 0.05) is 11.9 Å². The highest BCUT2D eigenvalue weighted by atomic mass is 32.2. The van der Waals surface area contributed by atoms with E-state index in [1.54, 1.807) is 0 Å². The van der Waals surface area contributed by atoms with Gasteiger partial charge < -0.3 is 5.32 Å². The summed E-state index contributed by atoms with van der Waals surface area (Å²) in [5, 5.41) is 13.5. The Morgan fingerprint density at radius 1 is 1.11 bits per heavy atom. The van der Waals surface area contributed by atoms with Gasteiger partial charge in [-0.2, -0.15) is 0 Å². The maximum absolute atomic E-state index is 12.3. The number of fused-ring (bicyclic) bond motifs is 3. The lowest BCUT2D eigenvalue weighted by atomic mass is 10.0. The molecule has 1 atom stereocenters. The molecule has 0 aliphatic heterocycles. The summed E-state index contributed by atoms with van der Waals surface area (Å²) in [6, 6.07) is 20.4. The molecule has 4 aromatic rings. The maximum atomic E-state index is 12.3. The van der Waals surface area contributed by atoms with Crippen LogP contribution in [0.1, 0.15) is 24.0 Å². The first-order valence-corrected chi connectivity index (χ1v) is 10.3. The summed E-state index contributed by atoms with van der Waals surface area (Å²) < 4.78 is 2.02. The van der Waals surface area contributed by atoms with Crippen molar-refractivity contribution in [3.05, 3.63) is 71.8 Å². The highest BCUT2D eigenvalue weighted by Gasteiger charge is 2.13. The van der Waals surface area contributed by atoms with Gasteiger partial charge in [-0.3, -0.25) is 9.20 Å². The summed E-state index contributed by atoms with van der Waals surface area (Å²) in [7, 11) is 0. The Morgan fingerprint density at radius 2 is 1.86 bits per heavy atom. The van der Waals surface area contributed by atoms with Gasteiger partial charge in [0.25, 0.3) is 0 Å². The Morgan fingerprint density at radius 3 is 2.68 bits per heavy atom. The first-order valence-electron chi connectivity index (χ1n) is 9.31. The molecule has 0 bridgehead atoms. The van der Waals surface area contributed by atoms with E-state index >= 15 is 0 Å². The zero-order chi connectivity index (χ0) is 19.5. The molecule has 6 heteroatoms. The molecule has 4 rings (SSSR count). The van der Waals surface area contributed by atoms with Gasteiger partial charge >= 0.3 is 0 Å². The Labute approximate surface area is 168 Å². The summed E-state index contributed by atoms with van der Waals surface area (Å²) in [6.07, 6.45) is 0. The Hall–Kier alpha value is -2.86. The topological polar surface area (TPSA) is 59.3 Å². The fraction of sp³-hybridized carbons (Fsp3) is 0.227. The van der Waals surface area contributed by atoms with Gasteiger partial charge in [0.2, 0.25) is 5.91 Å². The Kier molecular flexibility index (Phi) is 5.30. The fourth-order valence-corrected chi connectivity index (χ4v) is 4.10. The Balaban J connectivity index is 1.44. The van der Waals surface area contributed by atoms with E-state index in [1.807, 2.05) is 40.8 Å². The molecular formula is C22H22N4OS. The van der Waals surface area contributed by atoms with E-state index < -0.39 is 0 Å². The van der Waals surface area contributed by atoms with Crippen molar-refractivity contribution in [3.63, 3.8) is 0 Å². The van der Waals surface area contributed by atoms with Crippen molar-refractivity contribution in [1.29, 1.82) is 0 Å². The molecule has 0 aliphatic carbocycles. The lowest BCUT2D eigenvalue weighted by molar-refractivity contribution is -0.118. The molecule has 0 spiro atoms. The van der Waals surface area contributed by atoms with Crippen molar-refractivity contribution < 1.29 is 4.79 Å². The van der Waals surface area contributed by atoms with Crippen LogP contribution < -0.4 is 5.32 Å². The number of aromatic nitrogens is 3. The predicted octanol–water partition coefficient (Wildman–Crippen LogP) is 4.20. The van der Waals surface area contributed by atoms with Crippen molar-refractivity contribution in [2.45, 2.75) is 24.9 Å². The molecule has 1 unspecified atom stereocenters. The van der Waals surface area contributed by atoms with Crippen molar-refractivity contribution in [2.75, 3.05) is 12.3 Å². The molecular weight excluding hydrogens is 368 g/mol. The molecule has 0 saturated carbocycles. The summed E-state index contributed by atoms with van der Waals surface area (Å²) in [6.45, 7) is 4.81. The second kappa shape index (κ2) is 8.02. The third kappa shape index (κ3) is 3.73. The molecule has 142 valence electrons. The first-order chi connectivity index (χ1) is 13.6. The highest BCUT2D eigenvalue weighted by molar-refractivity contribution is 7.99. The minimum atomic E-state index is 0.000878. The molecule has 2 aromatic carbocycles. The minimum absolute atomic E-state index is 0.000878. The van der Waals surface area contributed by atoms with Gasteiger partial charge in [-0.15, -0.1) is 10.2 Å². The quantitative estimate of drug-likeness (QED) is 0.501. The predicted molar refractivity (Wildman–Crippen MR) is 114 cm³/mol. The first kappa shape index (κ1) is 18.5. The molecule has 28 heavy (non-hydrogen) atoms. The van der Waals surface area contributed by atoms with Crippen LogP contribution in [-0.4, -0.2) is 32.8 Å². The number of benzene rings is 2. The second-order valence-electron chi connectivity index (χ2n) is 6.93. The molecule has 2 aromatic heterocycles. The van der Waals surface area contributed by atoms with Crippen molar-refractivity contribution in [1.82, 2.24) is 19.9 Å². The molecule has 0 saturated heterocycles. The number of nitrogens with zero attached hydrogens (tertiary/aromatic N) is 3. The number of pyridine rings is 1. The third-order valence-corrected chi connectivity index (χ3v) is 5.81. The molecule has 0 fully saturated rings. The number of hydrogen-bond donors (Lipinski definition) is 1. The van der Waals surface area contributed by atoms with Gasteiger partial charge in [-0.05, 0) is 36.1 Å². The third-order valence-electron chi connectivity index (χ3n) is 4.88. The number of carbonyl (C=O) groups is 1. The van der Waals surface area contributed by atoms with Crippen LogP contribution in [-0.2, 0) is 4.79 Å². The van der Waals surface area contributed by atoms with E-state index in [0.717, 1.165) is 21.7 Å². The average molecular weight is 391 g/mol. The maximum Gasteiger partial charge on any atom is 0.230 e. The number of para-hydroxylation sites is 1. The van der Waals surface area contributed by atoms with E-state index in [0.29, 0.717) is 12.3 Å². The van der Waals surface area contributed by atoms with Crippen LogP contribution in [0.2, 0.25) is 0 Å². The summed E-state index contributed by atoms with van der Waals surface area (Å²) in [4.78, 5) is 12.3. The number of carbonyl (C=O) groups excluding carboxylic acids is 1. The van der Waals surface area contributed by atoms with Gasteiger partial charge in [0.05, 0.1) is 11.3 Å². The van der Waals surface area contributed by atoms with Gasteiger partial charge in [-0.1, -0.05) is 67.2 Å². The zero-order valence-electron chi connectivity index (χ0n) is 15.9. The summed E-state index contributed by atoms with van der Waals surface area (Å²) in [5.74, 6) is 0.585. The van der Waals surface area contributed by atoms with Crippen LogP contribution in [0, 0.1) is 6.92 Å². The largest absolute Gasteiger partial charge is 0.355 e. The van der Waals surface area contributed by atoms with Crippen LogP contribution in [0.25, 0.3) is 16.6 Å². The van der Waals surface area contributed by atoms with Crippen LogP contribution in [0.4, 0.5) is 0 Å². The van der Waals surface area contributed by atoms with Gasteiger partial charge in [-0.25, -0.2) is 0 Å². The number of hydrogen-bond acceptors (Lipinski definition) is 4. The van der Waals surface area contributed by atoms with Gasteiger partial charge in [0.1, 0.15) is 0 Å². The minimum Gasteiger partial charge on any atom is -0.355 e. The standard InChI is InChI=1S/C22H22N4OS/c1-15-12-20-24-25-22(26(20)19-11-7-6-10-18(15)19)28-14-21(27)23-13-16(2)17-8-4-3-5-9-17/h3-12,16H,13-14H2,1-2H3,(H,23,27). The summed E-state index contributed by atoms with van der Waals surface area (Å²) >= 11 is 1.41. The SMILES string of the molecule is Cc1cc2nnc(SCC(=O)NCC(C)c3ccccc3)n2c2ccccc12. The molecule has 0 radical (unpaired) electrons. The smallest absolute Gasteiger partial charge is 0.230 e. The number of nitrogens with one attached hydrogen (secondary N) is 1. The normalized spacial score (nSPS) is 12.4. The second-order valence-corrected chi connectivity index (χ2v) is 7.87. The van der Waals surface area contributed by atoms with E-state index in [-0.39, 0.29) is 11.8 Å². The monoisotopic (exact) mass is 390 g/mol. The number of rotatable bonds is 6. The number of amides is 1. The lowest BCUT2D eigenvalue weighted by Gasteiger charge is -2.13. The van der Waals surface area contributed by atoms with Crippen LogP contribution in [0.15, 0.2) is 65.8 Å². The molecule has 1 N–H and O–H groups in total. The molecule has 1 amide bonds. The highest BCUT2D eigenvalue weighted by Crippen LogP contribution is 2.25. The number of aryl methyl sites for hydroxylation is 1. The van der Waals surface area contributed by atoms with Gasteiger partial charge in [0.15, 0.2) is 10.8 Å². The zero-order valence-corrected chi connectivity index (χ0v) is 16.7. The van der Waals surface area contributed by atoms with E-state index in [9.17, 15) is 4.79 Å². The van der Waals surface area contributed by atoms with E-state index in [1.165, 1.54) is 22.9 Å². The number of thioether (sulfide) groups is 1. The van der Waals surface area contributed by atoms with E-state index in [2.05, 4.69) is 53.6 Å². The lowest BCUT2D eigenvalue weighted by Crippen LogP contribution is -2.29. The Bertz CT molecular complexity index is 1120. The van der Waals surface area contributed by atoms with Crippen molar-refractivity contribution in [2.24, 2.45) is 0 Å². The molecule has 5 nitrogen and oxygen atoms in total. The van der Waals surface area contributed by atoms with E-state index in [4.69, 9.17) is 0 Å². The van der Waals surface area contributed by atoms with Crippen molar-refractivity contribution >= 4 is 34.2 Å². The molecule has 0 aliphatic rings. The summed E-state index contributed by atoms with van der Waals surface area (Å²) in [5.41, 5.74) is 4.25. The van der Waals surface area contributed by atoms with Crippen LogP contribution in [0.3, 0.4) is 0 Å². The van der Waals surface area contributed by atoms with Crippen molar-refractivity contribution in [3.8, 4) is 0 Å². The average Bonchev–Trinajstić information content (AvgIpc) is 3.14.